The summed E-state index contributed by atoms with van der Waals surface area (Å²) in [4.78, 5) is 26.6. The Morgan fingerprint density at radius 1 is 1.00 bits per heavy atom. The van der Waals surface area contributed by atoms with E-state index in [1.54, 1.807) is 24.2 Å². The molecule has 34 heavy (non-hydrogen) atoms. The van der Waals surface area contributed by atoms with Crippen molar-refractivity contribution in [2.45, 2.75) is 24.9 Å². The molecule has 1 aliphatic carbocycles. The highest BCUT2D eigenvalue weighted by atomic mass is 16.5. The second-order valence-electron chi connectivity index (χ2n) is 9.00. The van der Waals surface area contributed by atoms with Gasteiger partial charge in [-0.1, -0.05) is 6.07 Å². The lowest BCUT2D eigenvalue weighted by molar-refractivity contribution is 0.0433. The summed E-state index contributed by atoms with van der Waals surface area (Å²) < 4.78 is 6.92. The van der Waals surface area contributed by atoms with Gasteiger partial charge in [0, 0.05) is 55.6 Å². The lowest BCUT2D eigenvalue weighted by Crippen LogP contribution is -2.66. The Kier molecular flexibility index (Phi) is 4.94. The Labute approximate surface area is 197 Å². The van der Waals surface area contributed by atoms with Crippen LogP contribution in [0.2, 0.25) is 0 Å². The Morgan fingerprint density at radius 3 is 2.65 bits per heavy atom. The van der Waals surface area contributed by atoms with E-state index in [1.807, 2.05) is 42.5 Å². The molecule has 2 aliphatic rings. The molecule has 1 aliphatic heterocycles. The number of hydrogen-bond donors (Lipinski definition) is 0. The number of fused-ring (bicyclic) bond motifs is 2. The zero-order chi connectivity index (χ0) is 23.2. The number of amides is 1. The van der Waals surface area contributed by atoms with Gasteiger partial charge in [0.1, 0.15) is 0 Å². The van der Waals surface area contributed by atoms with Crippen LogP contribution in [0.4, 0.5) is 5.69 Å². The number of nitrogens with zero attached hydrogens (tertiary/aromatic N) is 6. The number of benzene rings is 1. The van der Waals surface area contributed by atoms with Crippen molar-refractivity contribution in [2.24, 2.45) is 7.05 Å². The first-order chi connectivity index (χ1) is 16.6. The molecular weight excluding hydrogens is 428 g/mol. The van der Waals surface area contributed by atoms with E-state index in [2.05, 4.69) is 38.2 Å². The summed E-state index contributed by atoms with van der Waals surface area (Å²) in [6.07, 6.45) is 9.40. The number of carbonyl (C=O) groups excluding carboxylic acids is 1. The minimum Gasteiger partial charge on any atom is -0.481 e. The van der Waals surface area contributed by atoms with Crippen molar-refractivity contribution >= 4 is 22.5 Å². The van der Waals surface area contributed by atoms with Gasteiger partial charge >= 0.3 is 0 Å². The van der Waals surface area contributed by atoms with Gasteiger partial charge in [0.25, 0.3) is 5.91 Å². The van der Waals surface area contributed by atoms with Gasteiger partial charge in [0.05, 0.1) is 42.3 Å². The Morgan fingerprint density at radius 2 is 1.88 bits per heavy atom. The molecule has 1 amide bonds. The second kappa shape index (κ2) is 8.13. The fourth-order valence-corrected chi connectivity index (χ4v) is 5.15. The predicted molar refractivity (Wildman–Crippen MR) is 130 cm³/mol. The number of piperazine rings is 1. The molecule has 1 aromatic carbocycles. The molecule has 6 rings (SSSR count). The topological polar surface area (TPSA) is 76.4 Å². The van der Waals surface area contributed by atoms with E-state index in [1.165, 1.54) is 0 Å². The maximum absolute atomic E-state index is 13.1. The van der Waals surface area contributed by atoms with Crippen LogP contribution < -0.4 is 9.64 Å². The summed E-state index contributed by atoms with van der Waals surface area (Å²) in [5.74, 6) is 0.691. The van der Waals surface area contributed by atoms with Crippen molar-refractivity contribution in [3.8, 4) is 17.0 Å². The van der Waals surface area contributed by atoms with Crippen molar-refractivity contribution in [2.75, 3.05) is 25.1 Å². The van der Waals surface area contributed by atoms with Crippen LogP contribution in [-0.2, 0) is 7.05 Å². The molecule has 2 fully saturated rings. The van der Waals surface area contributed by atoms with E-state index in [0.29, 0.717) is 24.0 Å². The van der Waals surface area contributed by atoms with Gasteiger partial charge in [-0.2, -0.15) is 5.10 Å². The van der Waals surface area contributed by atoms with Crippen LogP contribution in [0.3, 0.4) is 0 Å². The van der Waals surface area contributed by atoms with Crippen LogP contribution in [0, 0.1) is 0 Å². The van der Waals surface area contributed by atoms with E-state index in [9.17, 15) is 4.79 Å². The third kappa shape index (κ3) is 3.46. The number of ether oxygens (including phenoxy) is 1. The summed E-state index contributed by atoms with van der Waals surface area (Å²) in [5.41, 5.74) is 4.84. The molecule has 1 saturated carbocycles. The number of anilines is 1. The summed E-state index contributed by atoms with van der Waals surface area (Å²) in [6, 6.07) is 12.9. The first-order valence-electron chi connectivity index (χ1n) is 11.6. The minimum absolute atomic E-state index is 0.0794. The zero-order valence-electron chi connectivity index (χ0n) is 19.3. The van der Waals surface area contributed by atoms with Crippen LogP contribution in [0.1, 0.15) is 23.2 Å². The van der Waals surface area contributed by atoms with Crippen LogP contribution >= 0.6 is 0 Å². The van der Waals surface area contributed by atoms with Crippen molar-refractivity contribution in [1.29, 1.82) is 0 Å². The first-order valence-corrected chi connectivity index (χ1v) is 11.6. The van der Waals surface area contributed by atoms with Gasteiger partial charge in [-0.05, 0) is 42.7 Å². The standard InChI is InChI=1S/C26H26N6O2/c1-30-16-20(14-28-30)26(33)32-10-9-31(23-6-7-24(23)32)21-12-19(13-27-15-21)17-3-5-22-18(11-17)4-8-25(29-22)34-2/h3-5,8,11-16,23-24H,6-7,9-10H2,1-2H3. The normalized spacial score (nSPS) is 19.6. The Balaban J connectivity index is 1.25. The fraction of sp³-hybridized carbons (Fsp3) is 0.308. The first kappa shape index (κ1) is 20.7. The summed E-state index contributed by atoms with van der Waals surface area (Å²) in [7, 11) is 3.46. The molecule has 8 heteroatoms. The lowest BCUT2D eigenvalue weighted by atomic mass is 9.81. The number of rotatable bonds is 4. The second-order valence-corrected chi connectivity index (χ2v) is 9.00. The van der Waals surface area contributed by atoms with Crippen molar-refractivity contribution < 1.29 is 9.53 Å². The van der Waals surface area contributed by atoms with E-state index in [-0.39, 0.29) is 11.9 Å². The molecular formula is C26H26N6O2. The van der Waals surface area contributed by atoms with E-state index < -0.39 is 0 Å². The average Bonchev–Trinajstić information content (AvgIpc) is 3.29. The zero-order valence-corrected chi connectivity index (χ0v) is 19.3. The van der Waals surface area contributed by atoms with E-state index in [0.717, 1.165) is 47.1 Å². The number of pyridine rings is 2. The van der Waals surface area contributed by atoms with Gasteiger partial charge in [-0.3, -0.25) is 14.5 Å². The number of aromatic nitrogens is 4. The number of methoxy groups -OCH3 is 1. The van der Waals surface area contributed by atoms with Crippen LogP contribution in [0.15, 0.2) is 61.2 Å². The van der Waals surface area contributed by atoms with Gasteiger partial charge in [0.2, 0.25) is 5.88 Å². The molecule has 4 heterocycles. The number of carbonyl (C=O) groups is 1. The van der Waals surface area contributed by atoms with Gasteiger partial charge in [0.15, 0.2) is 0 Å². The molecule has 0 spiro atoms. The van der Waals surface area contributed by atoms with E-state index >= 15 is 0 Å². The van der Waals surface area contributed by atoms with Crippen molar-refractivity contribution in [1.82, 2.24) is 24.6 Å². The highest BCUT2D eigenvalue weighted by Crippen LogP contribution is 2.38. The highest BCUT2D eigenvalue weighted by molar-refractivity contribution is 5.94. The Bertz CT molecular complexity index is 1380. The van der Waals surface area contributed by atoms with Crippen LogP contribution in [-0.4, -0.2) is 62.8 Å². The van der Waals surface area contributed by atoms with Crippen molar-refractivity contribution in [3.63, 3.8) is 0 Å². The van der Waals surface area contributed by atoms with Crippen LogP contribution in [0.25, 0.3) is 22.0 Å². The summed E-state index contributed by atoms with van der Waals surface area (Å²) in [6.45, 7) is 1.49. The van der Waals surface area contributed by atoms with Crippen LogP contribution in [0.5, 0.6) is 5.88 Å². The monoisotopic (exact) mass is 454 g/mol. The molecule has 3 aromatic heterocycles. The smallest absolute Gasteiger partial charge is 0.257 e. The SMILES string of the molecule is COc1ccc2cc(-c3cncc(N4CCN(C(=O)c5cnn(C)c5)C5CCC54)c3)ccc2n1. The molecule has 2 atom stereocenters. The van der Waals surface area contributed by atoms with Gasteiger partial charge in [-0.25, -0.2) is 4.98 Å². The molecule has 4 aromatic rings. The molecule has 8 nitrogen and oxygen atoms in total. The molecule has 0 radical (unpaired) electrons. The number of hydrogen-bond acceptors (Lipinski definition) is 6. The Hall–Kier alpha value is -3.94. The maximum atomic E-state index is 13.1. The van der Waals surface area contributed by atoms with Gasteiger partial charge < -0.3 is 14.5 Å². The molecule has 1 saturated heterocycles. The molecule has 0 bridgehead atoms. The van der Waals surface area contributed by atoms with Crippen molar-refractivity contribution in [3.05, 3.63) is 66.7 Å². The fourth-order valence-electron chi connectivity index (χ4n) is 5.15. The summed E-state index contributed by atoms with van der Waals surface area (Å²) in [5, 5.41) is 5.22. The minimum atomic E-state index is 0.0794. The maximum Gasteiger partial charge on any atom is 0.257 e. The highest BCUT2D eigenvalue weighted by Gasteiger charge is 2.45. The predicted octanol–water partition coefficient (Wildman–Crippen LogP) is 3.53. The quantitative estimate of drug-likeness (QED) is 0.470. The third-order valence-corrected chi connectivity index (χ3v) is 7.06. The molecule has 172 valence electrons. The van der Waals surface area contributed by atoms with E-state index in [4.69, 9.17) is 4.74 Å². The lowest BCUT2D eigenvalue weighted by Gasteiger charge is -2.54. The largest absolute Gasteiger partial charge is 0.481 e. The third-order valence-electron chi connectivity index (χ3n) is 7.06. The average molecular weight is 455 g/mol. The van der Waals surface area contributed by atoms with Gasteiger partial charge in [-0.15, -0.1) is 0 Å². The molecule has 0 N–H and O–H groups in total. The number of aryl methyl sites for hydroxylation is 1. The molecule has 2 unspecified atom stereocenters. The summed E-state index contributed by atoms with van der Waals surface area (Å²) >= 11 is 0.